The van der Waals surface area contributed by atoms with Crippen molar-refractivity contribution in [3.8, 4) is 11.5 Å². The second-order valence-corrected chi connectivity index (χ2v) is 7.13. The first-order chi connectivity index (χ1) is 13.7. The minimum Gasteiger partial charge on any atom is -0.497 e. The molecule has 0 bridgehead atoms. The molecule has 1 heterocycles. The molecular formula is C23H30N2O3. The number of nitrogens with one attached hydrogen (secondary N) is 1. The molecule has 2 aromatic rings. The normalized spacial score (nSPS) is 15.0. The van der Waals surface area contributed by atoms with Crippen LogP contribution in [-0.4, -0.2) is 32.2 Å². The van der Waals surface area contributed by atoms with Crippen molar-refractivity contribution in [3.05, 3.63) is 54.1 Å². The maximum Gasteiger partial charge on any atom is 0.261 e. The molecule has 1 aliphatic rings. The highest BCUT2D eigenvalue weighted by atomic mass is 16.5. The summed E-state index contributed by atoms with van der Waals surface area (Å²) in [5, 5.41) is 2.99. The Morgan fingerprint density at radius 3 is 2.46 bits per heavy atom. The van der Waals surface area contributed by atoms with Crippen LogP contribution in [0.2, 0.25) is 0 Å². The fourth-order valence-corrected chi connectivity index (χ4v) is 3.44. The maximum absolute atomic E-state index is 12.5. The van der Waals surface area contributed by atoms with E-state index in [0.29, 0.717) is 24.5 Å². The summed E-state index contributed by atoms with van der Waals surface area (Å²) in [6.45, 7) is 4.71. The molecule has 1 saturated heterocycles. The molecule has 0 unspecified atom stereocenters. The van der Waals surface area contributed by atoms with Gasteiger partial charge in [0, 0.05) is 31.4 Å². The Balaban J connectivity index is 1.52. The highest BCUT2D eigenvalue weighted by Crippen LogP contribution is 2.22. The van der Waals surface area contributed by atoms with Gasteiger partial charge in [-0.3, -0.25) is 4.79 Å². The molecule has 1 amide bonds. The molecule has 0 spiro atoms. The zero-order valence-electron chi connectivity index (χ0n) is 16.8. The van der Waals surface area contributed by atoms with Gasteiger partial charge in [-0.25, -0.2) is 0 Å². The first kappa shape index (κ1) is 20.1. The molecule has 0 aliphatic carbocycles. The van der Waals surface area contributed by atoms with E-state index in [1.165, 1.54) is 24.9 Å². The number of hydrogen-bond donors (Lipinski definition) is 1. The van der Waals surface area contributed by atoms with E-state index in [9.17, 15) is 4.79 Å². The average Bonchev–Trinajstić information content (AvgIpc) is 2.77. The van der Waals surface area contributed by atoms with Gasteiger partial charge >= 0.3 is 0 Å². The zero-order chi connectivity index (χ0) is 19.8. The molecule has 2 aromatic carbocycles. The van der Waals surface area contributed by atoms with Gasteiger partial charge in [-0.2, -0.15) is 0 Å². The SMILES string of the molecule is CC[C@@H](Oc1cccc(OC)c1)C(=O)NCc1ccc(N2CCCCC2)cc1. The molecule has 0 radical (unpaired) electrons. The van der Waals surface area contributed by atoms with E-state index in [0.717, 1.165) is 18.7 Å². The summed E-state index contributed by atoms with van der Waals surface area (Å²) in [5.41, 5.74) is 2.35. The minimum absolute atomic E-state index is 0.106. The largest absolute Gasteiger partial charge is 0.497 e. The Morgan fingerprint density at radius 1 is 1.07 bits per heavy atom. The van der Waals surface area contributed by atoms with Gasteiger partial charge < -0.3 is 19.7 Å². The number of amides is 1. The van der Waals surface area contributed by atoms with Crippen molar-refractivity contribution in [1.29, 1.82) is 0 Å². The molecule has 3 rings (SSSR count). The highest BCUT2D eigenvalue weighted by Gasteiger charge is 2.18. The summed E-state index contributed by atoms with van der Waals surface area (Å²) in [7, 11) is 1.61. The van der Waals surface area contributed by atoms with Crippen molar-refractivity contribution in [3.63, 3.8) is 0 Å². The van der Waals surface area contributed by atoms with Crippen LogP contribution in [0.3, 0.4) is 0 Å². The third-order valence-electron chi connectivity index (χ3n) is 5.11. The lowest BCUT2D eigenvalue weighted by molar-refractivity contribution is -0.128. The van der Waals surface area contributed by atoms with Gasteiger partial charge in [-0.05, 0) is 55.5 Å². The molecule has 5 nitrogen and oxygen atoms in total. The molecule has 1 aliphatic heterocycles. The number of rotatable bonds is 8. The summed E-state index contributed by atoms with van der Waals surface area (Å²) in [4.78, 5) is 15.0. The van der Waals surface area contributed by atoms with Crippen LogP contribution in [-0.2, 0) is 11.3 Å². The van der Waals surface area contributed by atoms with Gasteiger partial charge in [0.15, 0.2) is 6.10 Å². The summed E-state index contributed by atoms with van der Waals surface area (Å²) in [6, 6.07) is 15.8. The fourth-order valence-electron chi connectivity index (χ4n) is 3.44. The van der Waals surface area contributed by atoms with Crippen molar-refractivity contribution in [1.82, 2.24) is 5.32 Å². The van der Waals surface area contributed by atoms with Crippen molar-refractivity contribution >= 4 is 11.6 Å². The molecule has 1 fully saturated rings. The fraction of sp³-hybridized carbons (Fsp3) is 0.435. The molecule has 1 N–H and O–H groups in total. The second kappa shape index (κ2) is 10.0. The lowest BCUT2D eigenvalue weighted by Gasteiger charge is -2.28. The van der Waals surface area contributed by atoms with E-state index in [4.69, 9.17) is 9.47 Å². The predicted octanol–water partition coefficient (Wildman–Crippen LogP) is 4.16. The Hall–Kier alpha value is -2.69. The third kappa shape index (κ3) is 5.41. The monoisotopic (exact) mass is 382 g/mol. The lowest BCUT2D eigenvalue weighted by atomic mass is 10.1. The van der Waals surface area contributed by atoms with Crippen LogP contribution >= 0.6 is 0 Å². The number of methoxy groups -OCH3 is 1. The smallest absolute Gasteiger partial charge is 0.261 e. The van der Waals surface area contributed by atoms with Crippen LogP contribution in [0.1, 0.15) is 38.2 Å². The topological polar surface area (TPSA) is 50.8 Å². The number of piperidine rings is 1. The summed E-state index contributed by atoms with van der Waals surface area (Å²) in [6.07, 6.45) is 3.93. The number of carbonyl (C=O) groups is 1. The zero-order valence-corrected chi connectivity index (χ0v) is 16.8. The first-order valence-corrected chi connectivity index (χ1v) is 10.1. The predicted molar refractivity (Wildman–Crippen MR) is 112 cm³/mol. The Morgan fingerprint density at radius 2 is 1.79 bits per heavy atom. The quantitative estimate of drug-likeness (QED) is 0.745. The van der Waals surface area contributed by atoms with Crippen molar-refractivity contribution in [2.24, 2.45) is 0 Å². The number of nitrogens with zero attached hydrogens (tertiary/aromatic N) is 1. The highest BCUT2D eigenvalue weighted by molar-refractivity contribution is 5.81. The van der Waals surface area contributed by atoms with Crippen LogP contribution < -0.4 is 19.7 Å². The van der Waals surface area contributed by atoms with Gasteiger partial charge in [-0.15, -0.1) is 0 Å². The standard InChI is InChI=1S/C23H30N2O3/c1-3-22(28-21-9-7-8-20(16-21)27-2)23(26)24-17-18-10-12-19(13-11-18)25-14-5-4-6-15-25/h7-13,16,22H,3-6,14-15,17H2,1-2H3,(H,24,26)/t22-/m1/s1. The van der Waals surface area contributed by atoms with E-state index < -0.39 is 6.10 Å². The Labute approximate surface area is 167 Å². The van der Waals surface area contributed by atoms with Crippen LogP contribution in [0.4, 0.5) is 5.69 Å². The van der Waals surface area contributed by atoms with Gasteiger partial charge in [-0.1, -0.05) is 25.1 Å². The molecule has 5 heteroatoms. The molecule has 0 aromatic heterocycles. The van der Waals surface area contributed by atoms with Crippen molar-refractivity contribution < 1.29 is 14.3 Å². The summed E-state index contributed by atoms with van der Waals surface area (Å²) >= 11 is 0. The molecule has 1 atom stereocenters. The lowest BCUT2D eigenvalue weighted by Crippen LogP contribution is -2.37. The average molecular weight is 383 g/mol. The summed E-state index contributed by atoms with van der Waals surface area (Å²) < 4.78 is 11.1. The third-order valence-corrected chi connectivity index (χ3v) is 5.11. The van der Waals surface area contributed by atoms with Crippen LogP contribution in [0.5, 0.6) is 11.5 Å². The van der Waals surface area contributed by atoms with E-state index in [-0.39, 0.29) is 5.91 Å². The van der Waals surface area contributed by atoms with Crippen LogP contribution in [0.25, 0.3) is 0 Å². The van der Waals surface area contributed by atoms with Crippen LogP contribution in [0, 0.1) is 0 Å². The van der Waals surface area contributed by atoms with Gasteiger partial charge in [0.05, 0.1) is 7.11 Å². The Kier molecular flexibility index (Phi) is 7.18. The number of hydrogen-bond acceptors (Lipinski definition) is 4. The molecular weight excluding hydrogens is 352 g/mol. The van der Waals surface area contributed by atoms with E-state index in [2.05, 4.69) is 34.5 Å². The van der Waals surface area contributed by atoms with E-state index in [1.54, 1.807) is 13.2 Å². The molecule has 150 valence electrons. The summed E-state index contributed by atoms with van der Waals surface area (Å²) in [5.74, 6) is 1.24. The van der Waals surface area contributed by atoms with Crippen molar-refractivity contribution in [2.75, 3.05) is 25.1 Å². The molecule has 0 saturated carbocycles. The number of benzene rings is 2. The van der Waals surface area contributed by atoms with E-state index in [1.807, 2.05) is 25.1 Å². The van der Waals surface area contributed by atoms with E-state index >= 15 is 0 Å². The number of carbonyl (C=O) groups excluding carboxylic acids is 1. The van der Waals surface area contributed by atoms with Gasteiger partial charge in [0.2, 0.25) is 0 Å². The minimum atomic E-state index is -0.528. The Bertz CT molecular complexity index is 755. The first-order valence-electron chi connectivity index (χ1n) is 10.1. The molecule has 28 heavy (non-hydrogen) atoms. The van der Waals surface area contributed by atoms with Crippen molar-refractivity contribution in [2.45, 2.75) is 45.3 Å². The van der Waals surface area contributed by atoms with Gasteiger partial charge in [0.1, 0.15) is 11.5 Å². The van der Waals surface area contributed by atoms with Crippen LogP contribution in [0.15, 0.2) is 48.5 Å². The maximum atomic E-state index is 12.5. The number of ether oxygens (including phenoxy) is 2. The van der Waals surface area contributed by atoms with Gasteiger partial charge in [0.25, 0.3) is 5.91 Å². The number of anilines is 1. The second-order valence-electron chi connectivity index (χ2n) is 7.13.